The summed E-state index contributed by atoms with van der Waals surface area (Å²) < 4.78 is 5.36. The lowest BCUT2D eigenvalue weighted by Gasteiger charge is -2.32. The summed E-state index contributed by atoms with van der Waals surface area (Å²) in [6, 6.07) is 7.99. The first-order valence-corrected chi connectivity index (χ1v) is 6.55. The summed E-state index contributed by atoms with van der Waals surface area (Å²) in [5, 5.41) is 0. The third-order valence-corrected chi connectivity index (χ3v) is 3.89. The van der Waals surface area contributed by atoms with Gasteiger partial charge in [-0.15, -0.1) is 0 Å². The number of rotatable bonds is 2. The van der Waals surface area contributed by atoms with Crippen molar-refractivity contribution in [3.05, 3.63) is 29.8 Å². The maximum absolute atomic E-state index is 5.58. The van der Waals surface area contributed by atoms with E-state index in [9.17, 15) is 0 Å². The normalized spacial score (nSPS) is 16.9. The van der Waals surface area contributed by atoms with Crippen LogP contribution in [0.1, 0.15) is 25.3 Å². The minimum Gasteiger partial charge on any atom is -0.496 e. The van der Waals surface area contributed by atoms with Crippen LogP contribution in [0.4, 0.5) is 0 Å². The second-order valence-electron chi connectivity index (χ2n) is 4.68. The lowest BCUT2D eigenvalue weighted by Crippen LogP contribution is -2.37. The molecule has 1 aromatic carbocycles. The highest BCUT2D eigenvalue weighted by Crippen LogP contribution is 2.23. The molecule has 0 spiro atoms. The largest absolute Gasteiger partial charge is 0.496 e. The first-order valence-electron chi connectivity index (χ1n) is 6.14. The molecule has 1 saturated heterocycles. The fourth-order valence-electron chi connectivity index (χ4n) is 2.20. The van der Waals surface area contributed by atoms with Gasteiger partial charge in [0.15, 0.2) is 0 Å². The van der Waals surface area contributed by atoms with Crippen LogP contribution in [-0.2, 0) is 0 Å². The van der Waals surface area contributed by atoms with Crippen molar-refractivity contribution in [2.45, 2.75) is 19.8 Å². The highest BCUT2D eigenvalue weighted by molar-refractivity contribution is 7.80. The molecule has 0 aromatic heterocycles. The number of hydrogen-bond donors (Lipinski definition) is 0. The molecule has 2 rings (SSSR count). The van der Waals surface area contributed by atoms with Crippen molar-refractivity contribution in [3.8, 4) is 5.75 Å². The van der Waals surface area contributed by atoms with E-state index in [4.69, 9.17) is 17.0 Å². The monoisotopic (exact) mass is 249 g/mol. The van der Waals surface area contributed by atoms with Gasteiger partial charge in [0.2, 0.25) is 0 Å². The molecule has 0 saturated carbocycles. The molecule has 0 bridgehead atoms. The van der Waals surface area contributed by atoms with Gasteiger partial charge in [-0.3, -0.25) is 0 Å². The zero-order valence-electron chi connectivity index (χ0n) is 10.5. The summed E-state index contributed by atoms with van der Waals surface area (Å²) in [4.78, 5) is 3.22. The van der Waals surface area contributed by atoms with Gasteiger partial charge in [0.1, 0.15) is 10.7 Å². The highest BCUT2D eigenvalue weighted by Gasteiger charge is 2.20. The molecule has 1 heterocycles. The smallest absolute Gasteiger partial charge is 0.129 e. The Balaban J connectivity index is 2.14. The molecule has 1 aliphatic heterocycles. The lowest BCUT2D eigenvalue weighted by atomic mass is 9.99. The number of benzene rings is 1. The average molecular weight is 249 g/mol. The maximum Gasteiger partial charge on any atom is 0.129 e. The van der Waals surface area contributed by atoms with E-state index in [2.05, 4.69) is 11.8 Å². The number of likely N-dealkylation sites (tertiary alicyclic amines) is 1. The second-order valence-corrected chi connectivity index (χ2v) is 5.06. The standard InChI is InChI=1S/C14H19NOS/c1-11-7-9-15(10-8-11)14(17)12-5-3-4-6-13(12)16-2/h3-6,11H,7-10H2,1-2H3. The van der Waals surface area contributed by atoms with Gasteiger partial charge in [-0.05, 0) is 30.9 Å². The maximum atomic E-state index is 5.58. The number of para-hydroxylation sites is 1. The van der Waals surface area contributed by atoms with Gasteiger partial charge in [0.05, 0.1) is 12.7 Å². The van der Waals surface area contributed by atoms with Crippen LogP contribution >= 0.6 is 12.2 Å². The van der Waals surface area contributed by atoms with Gasteiger partial charge in [-0.1, -0.05) is 31.3 Å². The van der Waals surface area contributed by atoms with E-state index in [-0.39, 0.29) is 0 Å². The quantitative estimate of drug-likeness (QED) is 0.747. The van der Waals surface area contributed by atoms with Crippen LogP contribution < -0.4 is 4.74 Å². The van der Waals surface area contributed by atoms with E-state index in [0.29, 0.717) is 0 Å². The Morgan fingerprint density at radius 3 is 2.59 bits per heavy atom. The van der Waals surface area contributed by atoms with Crippen molar-refractivity contribution in [2.24, 2.45) is 5.92 Å². The van der Waals surface area contributed by atoms with Crippen LogP contribution in [0.2, 0.25) is 0 Å². The number of ether oxygens (including phenoxy) is 1. The van der Waals surface area contributed by atoms with E-state index in [0.717, 1.165) is 35.3 Å². The molecule has 2 nitrogen and oxygen atoms in total. The van der Waals surface area contributed by atoms with Crippen LogP contribution in [0.15, 0.2) is 24.3 Å². The zero-order chi connectivity index (χ0) is 12.3. The number of methoxy groups -OCH3 is 1. The number of hydrogen-bond acceptors (Lipinski definition) is 2. The average Bonchev–Trinajstić information content (AvgIpc) is 2.39. The van der Waals surface area contributed by atoms with Gasteiger partial charge in [-0.25, -0.2) is 0 Å². The molecule has 1 aliphatic rings. The Hall–Kier alpha value is -1.09. The van der Waals surface area contributed by atoms with Crippen LogP contribution in [0.3, 0.4) is 0 Å². The van der Waals surface area contributed by atoms with Crippen molar-refractivity contribution < 1.29 is 4.74 Å². The molecule has 92 valence electrons. The SMILES string of the molecule is COc1ccccc1C(=S)N1CCC(C)CC1. The molecule has 0 aliphatic carbocycles. The Bertz CT molecular complexity index is 397. The molecule has 17 heavy (non-hydrogen) atoms. The minimum atomic E-state index is 0.826. The van der Waals surface area contributed by atoms with Gasteiger partial charge in [0.25, 0.3) is 0 Å². The molecule has 1 fully saturated rings. The Kier molecular flexibility index (Phi) is 4.00. The fraction of sp³-hybridized carbons (Fsp3) is 0.500. The van der Waals surface area contributed by atoms with Crippen LogP contribution in [0.5, 0.6) is 5.75 Å². The van der Waals surface area contributed by atoms with Crippen molar-refractivity contribution >= 4 is 17.2 Å². The van der Waals surface area contributed by atoms with Crippen molar-refractivity contribution in [3.63, 3.8) is 0 Å². The Morgan fingerprint density at radius 1 is 1.29 bits per heavy atom. The van der Waals surface area contributed by atoms with Crippen molar-refractivity contribution in [1.29, 1.82) is 0 Å². The molecule has 0 amide bonds. The molecule has 0 unspecified atom stereocenters. The van der Waals surface area contributed by atoms with Gasteiger partial charge in [0, 0.05) is 13.1 Å². The van der Waals surface area contributed by atoms with E-state index < -0.39 is 0 Å². The number of thiocarbonyl (C=S) groups is 1. The molecular weight excluding hydrogens is 230 g/mol. The van der Waals surface area contributed by atoms with E-state index >= 15 is 0 Å². The van der Waals surface area contributed by atoms with E-state index in [1.165, 1.54) is 12.8 Å². The second kappa shape index (κ2) is 5.50. The minimum absolute atomic E-state index is 0.826. The number of piperidine rings is 1. The van der Waals surface area contributed by atoms with Gasteiger partial charge < -0.3 is 9.64 Å². The van der Waals surface area contributed by atoms with Gasteiger partial charge in [-0.2, -0.15) is 0 Å². The summed E-state index contributed by atoms with van der Waals surface area (Å²) in [6.45, 7) is 4.44. The third kappa shape index (κ3) is 2.78. The van der Waals surface area contributed by atoms with E-state index in [1.807, 2.05) is 24.3 Å². The highest BCUT2D eigenvalue weighted by atomic mass is 32.1. The van der Waals surface area contributed by atoms with Crippen molar-refractivity contribution in [1.82, 2.24) is 4.90 Å². The predicted molar refractivity (Wildman–Crippen MR) is 74.7 cm³/mol. The van der Waals surface area contributed by atoms with Gasteiger partial charge >= 0.3 is 0 Å². The van der Waals surface area contributed by atoms with Crippen LogP contribution in [0, 0.1) is 5.92 Å². The van der Waals surface area contributed by atoms with Crippen molar-refractivity contribution in [2.75, 3.05) is 20.2 Å². The zero-order valence-corrected chi connectivity index (χ0v) is 11.3. The summed E-state index contributed by atoms with van der Waals surface area (Å²) in [5.74, 6) is 1.70. The first-order chi connectivity index (χ1) is 8.22. The molecule has 3 heteroatoms. The molecule has 0 radical (unpaired) electrons. The summed E-state index contributed by atoms with van der Waals surface area (Å²) >= 11 is 5.58. The van der Waals surface area contributed by atoms with Crippen LogP contribution in [0.25, 0.3) is 0 Å². The first kappa shape index (κ1) is 12.4. The fourth-order valence-corrected chi connectivity index (χ4v) is 2.55. The van der Waals surface area contributed by atoms with E-state index in [1.54, 1.807) is 7.11 Å². The Labute approximate surface area is 109 Å². The molecule has 0 N–H and O–H groups in total. The molecule has 1 aromatic rings. The lowest BCUT2D eigenvalue weighted by molar-refractivity contribution is 0.283. The summed E-state index contributed by atoms with van der Waals surface area (Å²) in [7, 11) is 1.69. The summed E-state index contributed by atoms with van der Waals surface area (Å²) in [5.41, 5.74) is 1.04. The molecular formula is C14H19NOS. The number of nitrogens with zero attached hydrogens (tertiary/aromatic N) is 1. The summed E-state index contributed by atoms with van der Waals surface area (Å²) in [6.07, 6.45) is 2.46. The molecule has 0 atom stereocenters. The predicted octanol–water partition coefficient (Wildman–Crippen LogP) is 3.10. The Morgan fingerprint density at radius 2 is 1.94 bits per heavy atom. The third-order valence-electron chi connectivity index (χ3n) is 3.41. The van der Waals surface area contributed by atoms with Crippen LogP contribution in [-0.4, -0.2) is 30.1 Å². The topological polar surface area (TPSA) is 12.5 Å².